The van der Waals surface area contributed by atoms with Crippen LogP contribution in [0.3, 0.4) is 0 Å². The van der Waals surface area contributed by atoms with Crippen LogP contribution in [0.2, 0.25) is 0 Å². The molecule has 1 amide bonds. The average Bonchev–Trinajstić information content (AvgIpc) is 2.86. The van der Waals surface area contributed by atoms with Crippen LogP contribution in [-0.2, 0) is 17.6 Å². The lowest BCUT2D eigenvalue weighted by atomic mass is 10.1. The molecule has 0 aliphatic heterocycles. The van der Waals surface area contributed by atoms with Gasteiger partial charge in [-0.15, -0.1) is 11.3 Å². The van der Waals surface area contributed by atoms with Crippen molar-refractivity contribution in [2.24, 2.45) is 5.92 Å². The zero-order valence-electron chi connectivity index (χ0n) is 12.1. The maximum absolute atomic E-state index is 11.6. The summed E-state index contributed by atoms with van der Waals surface area (Å²) in [5, 5.41) is 3.52. The van der Waals surface area contributed by atoms with Crippen molar-refractivity contribution >= 4 is 22.4 Å². The van der Waals surface area contributed by atoms with Crippen molar-refractivity contribution in [2.45, 2.75) is 33.6 Å². The molecule has 0 saturated carbocycles. The zero-order valence-corrected chi connectivity index (χ0v) is 13.0. The molecule has 0 atom stereocenters. The van der Waals surface area contributed by atoms with Crippen molar-refractivity contribution in [1.82, 2.24) is 4.98 Å². The van der Waals surface area contributed by atoms with E-state index >= 15 is 0 Å². The van der Waals surface area contributed by atoms with E-state index in [9.17, 15) is 4.79 Å². The molecule has 20 heavy (non-hydrogen) atoms. The number of amides is 1. The number of benzene rings is 1. The molecule has 0 fully saturated rings. The number of aryl methyl sites for hydroxylation is 1. The first-order valence-corrected chi connectivity index (χ1v) is 7.73. The monoisotopic (exact) mass is 288 g/mol. The molecular weight excluding hydrogens is 268 g/mol. The van der Waals surface area contributed by atoms with Gasteiger partial charge in [0.25, 0.3) is 0 Å². The number of rotatable bonds is 5. The van der Waals surface area contributed by atoms with Crippen molar-refractivity contribution in [1.29, 1.82) is 0 Å². The number of aromatic nitrogens is 1. The smallest absolute Gasteiger partial charge is 0.228 e. The van der Waals surface area contributed by atoms with E-state index < -0.39 is 0 Å². The third-order valence-electron chi connectivity index (χ3n) is 3.12. The number of hydrogen-bond donors (Lipinski definition) is 1. The molecular formula is C16H20N2OS. The van der Waals surface area contributed by atoms with Crippen LogP contribution >= 0.6 is 11.3 Å². The van der Waals surface area contributed by atoms with Gasteiger partial charge >= 0.3 is 0 Å². The van der Waals surface area contributed by atoms with Crippen molar-refractivity contribution in [3.63, 3.8) is 0 Å². The standard InChI is InChI=1S/C16H20N2OS/c1-4-12-5-7-13(8-6-12)9-14-10-17-16(20-14)18-15(19)11(2)3/h5-8,10-11H,4,9H2,1-3H3,(H,17,18,19). The van der Waals surface area contributed by atoms with Crippen LogP contribution in [0.1, 0.15) is 36.8 Å². The van der Waals surface area contributed by atoms with Gasteiger partial charge in [-0.1, -0.05) is 45.0 Å². The summed E-state index contributed by atoms with van der Waals surface area (Å²) in [4.78, 5) is 17.0. The summed E-state index contributed by atoms with van der Waals surface area (Å²) in [6.45, 7) is 5.90. The summed E-state index contributed by atoms with van der Waals surface area (Å²) in [6, 6.07) is 8.64. The van der Waals surface area contributed by atoms with E-state index in [2.05, 4.69) is 41.5 Å². The van der Waals surface area contributed by atoms with E-state index in [0.717, 1.165) is 17.7 Å². The Hall–Kier alpha value is -1.68. The van der Waals surface area contributed by atoms with E-state index in [1.54, 1.807) is 11.3 Å². The molecule has 1 aromatic heterocycles. The fourth-order valence-corrected chi connectivity index (χ4v) is 2.64. The maximum atomic E-state index is 11.6. The summed E-state index contributed by atoms with van der Waals surface area (Å²) in [5.74, 6) is -0.0119. The summed E-state index contributed by atoms with van der Waals surface area (Å²) in [5.41, 5.74) is 2.62. The van der Waals surface area contributed by atoms with Crippen LogP contribution in [0.25, 0.3) is 0 Å². The fourth-order valence-electron chi connectivity index (χ4n) is 1.79. The predicted molar refractivity (Wildman–Crippen MR) is 84.2 cm³/mol. The van der Waals surface area contributed by atoms with E-state index in [4.69, 9.17) is 0 Å². The largest absolute Gasteiger partial charge is 0.302 e. The second-order valence-electron chi connectivity index (χ2n) is 5.12. The van der Waals surface area contributed by atoms with Gasteiger partial charge in [-0.2, -0.15) is 0 Å². The Kier molecular flexibility index (Phi) is 4.90. The molecule has 0 aliphatic carbocycles. The first kappa shape index (κ1) is 14.7. The molecule has 1 N–H and O–H groups in total. The van der Waals surface area contributed by atoms with Crippen LogP contribution in [0.5, 0.6) is 0 Å². The number of carbonyl (C=O) groups is 1. The molecule has 0 aliphatic rings. The van der Waals surface area contributed by atoms with Gasteiger partial charge in [0.05, 0.1) is 0 Å². The summed E-state index contributed by atoms with van der Waals surface area (Å²) in [6.07, 6.45) is 3.76. The van der Waals surface area contributed by atoms with E-state index in [-0.39, 0.29) is 11.8 Å². The van der Waals surface area contributed by atoms with Crippen LogP contribution in [-0.4, -0.2) is 10.9 Å². The molecule has 0 unspecified atom stereocenters. The Morgan fingerprint density at radius 2 is 1.90 bits per heavy atom. The lowest BCUT2D eigenvalue weighted by Crippen LogP contribution is -2.17. The molecule has 4 heteroatoms. The zero-order chi connectivity index (χ0) is 14.5. The number of thiazole rings is 1. The summed E-state index contributed by atoms with van der Waals surface area (Å²) in [7, 11) is 0. The van der Waals surface area contributed by atoms with Gasteiger partial charge in [-0.3, -0.25) is 4.79 Å². The highest BCUT2D eigenvalue weighted by molar-refractivity contribution is 7.15. The molecule has 0 spiro atoms. The minimum absolute atomic E-state index is 0.0122. The minimum atomic E-state index is -0.0241. The van der Waals surface area contributed by atoms with Crippen LogP contribution in [0.15, 0.2) is 30.5 Å². The molecule has 1 aromatic carbocycles. The van der Waals surface area contributed by atoms with Gasteiger partial charge < -0.3 is 5.32 Å². The quantitative estimate of drug-likeness (QED) is 0.907. The number of nitrogens with zero attached hydrogens (tertiary/aromatic N) is 1. The second kappa shape index (κ2) is 6.66. The Morgan fingerprint density at radius 3 is 2.50 bits per heavy atom. The van der Waals surface area contributed by atoms with Crippen LogP contribution in [0, 0.1) is 5.92 Å². The minimum Gasteiger partial charge on any atom is -0.302 e. The molecule has 0 bridgehead atoms. The van der Waals surface area contributed by atoms with E-state index in [1.807, 2.05) is 20.0 Å². The van der Waals surface area contributed by atoms with E-state index in [1.165, 1.54) is 11.1 Å². The van der Waals surface area contributed by atoms with Gasteiger partial charge in [0.1, 0.15) is 0 Å². The molecule has 0 radical (unpaired) electrons. The first-order valence-electron chi connectivity index (χ1n) is 6.92. The number of hydrogen-bond acceptors (Lipinski definition) is 3. The lowest BCUT2D eigenvalue weighted by molar-refractivity contribution is -0.118. The molecule has 2 aromatic rings. The molecule has 3 nitrogen and oxygen atoms in total. The first-order chi connectivity index (χ1) is 9.58. The average molecular weight is 288 g/mol. The highest BCUT2D eigenvalue weighted by Crippen LogP contribution is 2.22. The Bertz CT molecular complexity index is 572. The Morgan fingerprint density at radius 1 is 1.25 bits per heavy atom. The third-order valence-corrected chi connectivity index (χ3v) is 4.03. The van der Waals surface area contributed by atoms with E-state index in [0.29, 0.717) is 5.13 Å². The number of nitrogens with one attached hydrogen (secondary N) is 1. The van der Waals surface area contributed by atoms with Crippen molar-refractivity contribution < 1.29 is 4.79 Å². The topological polar surface area (TPSA) is 42.0 Å². The molecule has 0 saturated heterocycles. The highest BCUT2D eigenvalue weighted by atomic mass is 32.1. The Labute approximate surface area is 124 Å². The van der Waals surface area contributed by atoms with Crippen LogP contribution in [0.4, 0.5) is 5.13 Å². The molecule has 2 rings (SSSR count). The van der Waals surface area contributed by atoms with Crippen molar-refractivity contribution in [2.75, 3.05) is 5.32 Å². The summed E-state index contributed by atoms with van der Waals surface area (Å²) < 4.78 is 0. The van der Waals surface area contributed by atoms with Gasteiger partial charge in [0.2, 0.25) is 5.91 Å². The van der Waals surface area contributed by atoms with Gasteiger partial charge in [-0.25, -0.2) is 4.98 Å². The van der Waals surface area contributed by atoms with Crippen LogP contribution < -0.4 is 5.32 Å². The fraction of sp³-hybridized carbons (Fsp3) is 0.375. The molecule has 106 valence electrons. The Balaban J connectivity index is 1.99. The predicted octanol–water partition coefficient (Wildman–Crippen LogP) is 3.89. The van der Waals surface area contributed by atoms with Gasteiger partial charge in [0, 0.05) is 23.4 Å². The SMILES string of the molecule is CCc1ccc(Cc2cnc(NC(=O)C(C)C)s2)cc1. The van der Waals surface area contributed by atoms with Gasteiger partial charge in [0.15, 0.2) is 5.13 Å². The lowest BCUT2D eigenvalue weighted by Gasteiger charge is -2.03. The number of carbonyl (C=O) groups excluding carboxylic acids is 1. The van der Waals surface area contributed by atoms with Gasteiger partial charge in [-0.05, 0) is 17.5 Å². The third kappa shape index (κ3) is 3.90. The summed E-state index contributed by atoms with van der Waals surface area (Å²) >= 11 is 1.54. The normalized spacial score (nSPS) is 10.8. The molecule has 1 heterocycles. The number of anilines is 1. The maximum Gasteiger partial charge on any atom is 0.228 e. The second-order valence-corrected chi connectivity index (χ2v) is 6.24. The van der Waals surface area contributed by atoms with Crippen molar-refractivity contribution in [3.05, 3.63) is 46.5 Å². The van der Waals surface area contributed by atoms with Crippen molar-refractivity contribution in [3.8, 4) is 0 Å². The highest BCUT2D eigenvalue weighted by Gasteiger charge is 2.10.